The molecule has 0 radical (unpaired) electrons. The molecule has 4 aromatic rings. The molecule has 3 aromatic heterocycles. The summed E-state index contributed by atoms with van der Waals surface area (Å²) in [5.74, 6) is -0.854. The second kappa shape index (κ2) is 19.3. The van der Waals surface area contributed by atoms with Crippen molar-refractivity contribution < 1.29 is 39.2 Å². The fourth-order valence-corrected chi connectivity index (χ4v) is 8.91. The predicted octanol–water partition coefficient (Wildman–Crippen LogP) is 3.31. The van der Waals surface area contributed by atoms with Gasteiger partial charge in [0.25, 0.3) is 0 Å². The van der Waals surface area contributed by atoms with Crippen LogP contribution in [0.25, 0.3) is 16.0 Å². The zero-order chi connectivity index (χ0) is 44.1. The number of hydrogen-bond donors (Lipinski definition) is 6. The Morgan fingerprint density at radius 2 is 1.80 bits per heavy atom. The number of nitrogens with zero attached hydrogens (tertiary/aromatic N) is 6. The van der Waals surface area contributed by atoms with Crippen LogP contribution in [0.2, 0.25) is 0 Å². The lowest BCUT2D eigenvalue weighted by atomic mass is 9.85. The molecule has 17 nitrogen and oxygen atoms in total. The average molecular weight is 860 g/mol. The second-order valence-electron chi connectivity index (χ2n) is 17.1. The highest BCUT2D eigenvalue weighted by atomic mass is 32.1. The van der Waals surface area contributed by atoms with E-state index >= 15 is 0 Å². The van der Waals surface area contributed by atoms with Gasteiger partial charge in [0.1, 0.15) is 48.9 Å². The molecule has 0 bridgehead atoms. The molecule has 2 aliphatic rings. The van der Waals surface area contributed by atoms with Crippen molar-refractivity contribution in [3.63, 3.8) is 0 Å². The van der Waals surface area contributed by atoms with E-state index in [1.54, 1.807) is 17.4 Å². The van der Waals surface area contributed by atoms with E-state index in [-0.39, 0.29) is 55.4 Å². The van der Waals surface area contributed by atoms with Gasteiger partial charge in [-0.3, -0.25) is 14.4 Å². The number of carbonyl (C=O) groups excluding carboxylic acids is 3. The summed E-state index contributed by atoms with van der Waals surface area (Å²) in [7, 11) is 0. The number of nitrogens with one attached hydrogen (secondary N) is 2. The van der Waals surface area contributed by atoms with Crippen LogP contribution in [-0.2, 0) is 29.5 Å². The molecule has 328 valence electrons. The number of rotatable bonds is 17. The molecule has 6 rings (SSSR count). The zero-order valence-electron chi connectivity index (χ0n) is 35.3. The number of likely N-dealkylation sites (tertiary alicyclic amines) is 1. The van der Waals surface area contributed by atoms with Crippen LogP contribution in [-0.4, -0.2) is 114 Å². The van der Waals surface area contributed by atoms with Crippen molar-refractivity contribution in [2.24, 2.45) is 5.41 Å². The highest BCUT2D eigenvalue weighted by molar-refractivity contribution is 7.13. The van der Waals surface area contributed by atoms with Crippen LogP contribution in [0.1, 0.15) is 95.6 Å². The third-order valence-electron chi connectivity index (χ3n) is 11.6. The maximum absolute atomic E-state index is 14.1. The number of nitriles is 1. The number of aliphatic hydroxyl groups excluding tert-OH is 3. The van der Waals surface area contributed by atoms with Gasteiger partial charge in [-0.15, -0.1) is 11.3 Å². The number of unbranched alkanes of at least 4 members (excludes halogenated alkanes) is 4. The van der Waals surface area contributed by atoms with E-state index in [2.05, 4.69) is 25.7 Å². The Balaban J connectivity index is 0.910. The number of anilines is 1. The Hall–Kier alpha value is -5.03. The maximum Gasteiger partial charge on any atom is 0.305 e. The van der Waals surface area contributed by atoms with Crippen molar-refractivity contribution in [3.8, 4) is 16.5 Å². The van der Waals surface area contributed by atoms with Gasteiger partial charge in [-0.25, -0.2) is 14.5 Å². The summed E-state index contributed by atoms with van der Waals surface area (Å²) in [6.07, 6.45) is 0.197. The number of β-amino-alcohol motifs (C(OH)–C–C–N with tert-alkyl or cyclic N) is 1. The maximum atomic E-state index is 14.1. The number of nitrogens with two attached hydrogens (primary N) is 1. The standard InChI is InChI=1S/C43H57N9O8S/c1-25(27-12-14-28(15-13-27)36-26(2)48-24-61-36)50-40(57)31-19-29(53)20-51(31)41(58)37(42(3,4)5)46-18-10-8-6-7-9-11-34(54)59-21-32-35(55)38(56)43(22-44,60-32)33-17-16-30-39(45)47-23-49-52(30)33/h12-17,23-25,29,31-32,35,37-38,46,53,55-56H,6-11,18-21H2,1-5H3,(H,50,57)(H2,45,47,49)/t25-,29-,31+,32-,35-,37-,38-,43+/m1/s1. The number of aliphatic hydroxyl groups is 3. The number of nitrogen functional groups attached to an aromatic ring is 1. The molecule has 0 saturated carbocycles. The molecule has 2 aliphatic heterocycles. The van der Waals surface area contributed by atoms with E-state index in [1.165, 1.54) is 21.8 Å². The molecule has 8 atom stereocenters. The van der Waals surface area contributed by atoms with E-state index < -0.39 is 53.5 Å². The predicted molar refractivity (Wildman–Crippen MR) is 226 cm³/mol. The smallest absolute Gasteiger partial charge is 0.305 e. The molecule has 61 heavy (non-hydrogen) atoms. The summed E-state index contributed by atoms with van der Waals surface area (Å²) < 4.78 is 12.6. The number of ether oxygens (including phenoxy) is 2. The van der Waals surface area contributed by atoms with Gasteiger partial charge in [-0.1, -0.05) is 64.3 Å². The third-order valence-corrected chi connectivity index (χ3v) is 12.5. The SMILES string of the molecule is Cc1ncsc1-c1ccc([C@@H](C)NC(=O)[C@@H]2C[C@@H](O)CN2C(=O)[C@@H](NCCCCCCCC(=O)OC[C@H]2O[C@@](C#N)(c3ccc4c(N)ncnn34)[C@H](O)[C@@H]2O)C(C)(C)C)cc1. The lowest BCUT2D eigenvalue weighted by Gasteiger charge is -2.35. The van der Waals surface area contributed by atoms with Crippen molar-refractivity contribution in [2.45, 2.75) is 128 Å². The first-order chi connectivity index (χ1) is 29.0. The first kappa shape index (κ1) is 45.5. The molecular weight excluding hydrogens is 803 g/mol. The number of thiazole rings is 1. The molecule has 1 aromatic carbocycles. The molecule has 2 saturated heterocycles. The van der Waals surface area contributed by atoms with Gasteiger partial charge in [0.2, 0.25) is 17.4 Å². The highest BCUT2D eigenvalue weighted by Gasteiger charge is 2.58. The summed E-state index contributed by atoms with van der Waals surface area (Å²) in [5, 5.41) is 53.0. The number of aromatic nitrogens is 4. The quantitative estimate of drug-likeness (QED) is 0.0659. The molecular formula is C43H57N9O8S. The minimum Gasteiger partial charge on any atom is -0.463 e. The van der Waals surface area contributed by atoms with Crippen LogP contribution in [0.15, 0.2) is 48.2 Å². The lowest BCUT2D eigenvalue weighted by Crippen LogP contribution is -2.56. The van der Waals surface area contributed by atoms with Gasteiger partial charge in [0.15, 0.2) is 5.82 Å². The van der Waals surface area contributed by atoms with E-state index in [1.807, 2.05) is 70.5 Å². The fraction of sp³-hybridized carbons (Fsp3) is 0.558. The van der Waals surface area contributed by atoms with Gasteiger partial charge in [0.05, 0.1) is 40.0 Å². The Labute approximate surface area is 359 Å². The van der Waals surface area contributed by atoms with Gasteiger partial charge in [-0.2, -0.15) is 10.4 Å². The van der Waals surface area contributed by atoms with Crippen LogP contribution in [0.5, 0.6) is 0 Å². The first-order valence-corrected chi connectivity index (χ1v) is 21.7. The van der Waals surface area contributed by atoms with Gasteiger partial charge < -0.3 is 46.1 Å². The topological polar surface area (TPSA) is 251 Å². The van der Waals surface area contributed by atoms with Gasteiger partial charge in [-0.05, 0) is 61.9 Å². The summed E-state index contributed by atoms with van der Waals surface area (Å²) >= 11 is 1.58. The molecule has 5 heterocycles. The van der Waals surface area contributed by atoms with E-state index in [9.17, 15) is 35.0 Å². The van der Waals surface area contributed by atoms with E-state index in [0.717, 1.165) is 47.4 Å². The molecule has 2 fully saturated rings. The highest BCUT2D eigenvalue weighted by Crippen LogP contribution is 2.40. The van der Waals surface area contributed by atoms with Crippen LogP contribution in [0.4, 0.5) is 5.82 Å². The average Bonchev–Trinajstić information content (AvgIpc) is 4.02. The van der Waals surface area contributed by atoms with Crippen molar-refractivity contribution in [3.05, 3.63) is 65.2 Å². The van der Waals surface area contributed by atoms with Crippen LogP contribution >= 0.6 is 11.3 Å². The molecule has 7 N–H and O–H groups in total. The summed E-state index contributed by atoms with van der Waals surface area (Å²) in [4.78, 5) is 51.1. The number of fused-ring (bicyclic) bond motifs is 1. The Morgan fingerprint density at radius 3 is 2.49 bits per heavy atom. The first-order valence-electron chi connectivity index (χ1n) is 20.8. The number of esters is 1. The Bertz CT molecular complexity index is 2200. The minimum absolute atomic E-state index is 0.0821. The van der Waals surface area contributed by atoms with E-state index in [4.69, 9.17) is 15.2 Å². The molecule has 0 spiro atoms. The van der Waals surface area contributed by atoms with Crippen LogP contribution < -0.4 is 16.4 Å². The Kier molecular flexibility index (Phi) is 14.4. The lowest BCUT2D eigenvalue weighted by molar-refractivity contribution is -0.150. The molecule has 2 amide bonds. The minimum atomic E-state index is -1.98. The van der Waals surface area contributed by atoms with Crippen LogP contribution in [0.3, 0.4) is 0 Å². The van der Waals surface area contributed by atoms with Crippen molar-refractivity contribution in [1.29, 1.82) is 5.26 Å². The molecule has 0 aliphatic carbocycles. The van der Waals surface area contributed by atoms with Gasteiger partial charge in [0, 0.05) is 19.4 Å². The largest absolute Gasteiger partial charge is 0.463 e. The number of hydrogen-bond acceptors (Lipinski definition) is 15. The zero-order valence-corrected chi connectivity index (χ0v) is 36.1. The molecule has 18 heteroatoms. The molecule has 0 unspecified atom stereocenters. The monoisotopic (exact) mass is 859 g/mol. The number of carbonyl (C=O) groups is 3. The van der Waals surface area contributed by atoms with Crippen molar-refractivity contribution in [1.82, 2.24) is 35.1 Å². The number of amides is 2. The van der Waals surface area contributed by atoms with E-state index in [0.29, 0.717) is 18.5 Å². The van der Waals surface area contributed by atoms with Crippen molar-refractivity contribution in [2.75, 3.05) is 25.4 Å². The number of aryl methyl sites for hydroxylation is 1. The summed E-state index contributed by atoms with van der Waals surface area (Å²) in [5.41, 5.74) is 8.80. The second-order valence-corrected chi connectivity index (χ2v) is 17.9. The summed E-state index contributed by atoms with van der Waals surface area (Å²) in [6, 6.07) is 11.4. The van der Waals surface area contributed by atoms with Crippen LogP contribution in [0, 0.1) is 23.7 Å². The van der Waals surface area contributed by atoms with Crippen molar-refractivity contribution >= 4 is 40.5 Å². The summed E-state index contributed by atoms with van der Waals surface area (Å²) in [6.45, 7) is 10.1. The third kappa shape index (κ3) is 10.0. The normalized spacial score (nSPS) is 23.8. The van der Waals surface area contributed by atoms with Gasteiger partial charge >= 0.3 is 5.97 Å². The number of benzene rings is 1. The fourth-order valence-electron chi connectivity index (χ4n) is 8.10. The Morgan fingerprint density at radius 1 is 1.08 bits per heavy atom.